The molecule has 0 radical (unpaired) electrons. The highest BCUT2D eigenvalue weighted by atomic mass is 32.2. The highest BCUT2D eigenvalue weighted by Crippen LogP contribution is 2.33. The summed E-state index contributed by atoms with van der Waals surface area (Å²) in [6.07, 6.45) is 0.849. The van der Waals surface area contributed by atoms with E-state index in [9.17, 15) is 17.6 Å². The Kier molecular flexibility index (Phi) is 4.48. The monoisotopic (exact) mass is 291 g/mol. The molecule has 3 N–H and O–H groups in total. The molecule has 1 atom stereocenters. The molecule has 19 heavy (non-hydrogen) atoms. The number of hydrogen-bond donors (Lipinski definition) is 2. The third-order valence-electron chi connectivity index (χ3n) is 2.60. The maximum absolute atomic E-state index is 14.1. The minimum atomic E-state index is -3.77. The summed E-state index contributed by atoms with van der Waals surface area (Å²) in [5, 5.41) is 8.99. The first-order valence-electron chi connectivity index (χ1n) is 5.23. The average molecular weight is 291 g/mol. The Morgan fingerprint density at radius 3 is 2.47 bits per heavy atom. The van der Waals surface area contributed by atoms with Crippen LogP contribution < -0.4 is 10.5 Å². The Morgan fingerprint density at radius 1 is 1.53 bits per heavy atom. The quantitative estimate of drug-likeness (QED) is 0.811. The van der Waals surface area contributed by atoms with Crippen molar-refractivity contribution < 1.29 is 27.4 Å². The van der Waals surface area contributed by atoms with Crippen LogP contribution in [0.15, 0.2) is 17.0 Å². The standard InChI is InChI=1S/C11H14FNO5S/c1-18-10-6(7(5-13)11(14)15)3-4-8(9(10)12)19(2,16)17/h3-4,7H,5,13H2,1-2H3,(H,14,15). The zero-order valence-corrected chi connectivity index (χ0v) is 11.2. The van der Waals surface area contributed by atoms with Gasteiger partial charge >= 0.3 is 5.97 Å². The van der Waals surface area contributed by atoms with E-state index in [4.69, 9.17) is 15.6 Å². The van der Waals surface area contributed by atoms with E-state index in [0.29, 0.717) is 0 Å². The topological polar surface area (TPSA) is 107 Å². The first-order valence-corrected chi connectivity index (χ1v) is 7.12. The Morgan fingerprint density at radius 2 is 2.11 bits per heavy atom. The molecule has 106 valence electrons. The van der Waals surface area contributed by atoms with Crippen LogP contribution in [0.3, 0.4) is 0 Å². The van der Waals surface area contributed by atoms with Gasteiger partial charge in [-0.05, 0) is 6.07 Å². The molecule has 1 unspecified atom stereocenters. The molecule has 1 aromatic rings. The largest absolute Gasteiger partial charge is 0.493 e. The number of rotatable bonds is 5. The molecule has 0 bridgehead atoms. The molecule has 1 aromatic carbocycles. The third kappa shape index (κ3) is 3.02. The van der Waals surface area contributed by atoms with Gasteiger partial charge < -0.3 is 15.6 Å². The molecule has 8 heteroatoms. The number of carbonyl (C=O) groups is 1. The molecule has 0 fully saturated rings. The molecule has 0 heterocycles. The van der Waals surface area contributed by atoms with Crippen LogP contribution in [0.5, 0.6) is 5.75 Å². The van der Waals surface area contributed by atoms with Gasteiger partial charge in [-0.25, -0.2) is 12.8 Å². The first-order chi connectivity index (χ1) is 8.73. The summed E-state index contributed by atoms with van der Waals surface area (Å²) in [6, 6.07) is 2.21. The van der Waals surface area contributed by atoms with E-state index in [1.165, 1.54) is 6.07 Å². The van der Waals surface area contributed by atoms with Gasteiger partial charge in [0, 0.05) is 18.4 Å². The van der Waals surface area contributed by atoms with Crippen molar-refractivity contribution >= 4 is 15.8 Å². The predicted molar refractivity (Wildman–Crippen MR) is 65.5 cm³/mol. The second-order valence-electron chi connectivity index (χ2n) is 3.90. The Hall–Kier alpha value is -1.67. The van der Waals surface area contributed by atoms with E-state index in [1.54, 1.807) is 0 Å². The van der Waals surface area contributed by atoms with Crippen LogP contribution in [-0.4, -0.2) is 39.4 Å². The van der Waals surface area contributed by atoms with Crippen LogP contribution in [0.2, 0.25) is 0 Å². The zero-order valence-electron chi connectivity index (χ0n) is 10.4. The summed E-state index contributed by atoms with van der Waals surface area (Å²) in [6.45, 7) is -0.261. The van der Waals surface area contributed by atoms with E-state index in [-0.39, 0.29) is 12.1 Å². The van der Waals surface area contributed by atoms with Crippen LogP contribution in [0.4, 0.5) is 4.39 Å². The summed E-state index contributed by atoms with van der Waals surface area (Å²) >= 11 is 0. The van der Waals surface area contributed by atoms with Gasteiger partial charge in [-0.2, -0.15) is 0 Å². The van der Waals surface area contributed by atoms with E-state index in [0.717, 1.165) is 19.4 Å². The Balaban J connectivity index is 3.54. The molecule has 0 aromatic heterocycles. The van der Waals surface area contributed by atoms with Gasteiger partial charge in [0.15, 0.2) is 21.4 Å². The van der Waals surface area contributed by atoms with Crippen LogP contribution in [0.25, 0.3) is 0 Å². The molecular formula is C11H14FNO5S. The molecular weight excluding hydrogens is 277 g/mol. The summed E-state index contributed by atoms with van der Waals surface area (Å²) in [5.74, 6) is -3.94. The minimum Gasteiger partial charge on any atom is -0.493 e. The van der Waals surface area contributed by atoms with Crippen molar-refractivity contribution in [2.45, 2.75) is 10.8 Å². The van der Waals surface area contributed by atoms with E-state index < -0.39 is 38.2 Å². The highest BCUT2D eigenvalue weighted by Gasteiger charge is 2.27. The molecule has 6 nitrogen and oxygen atoms in total. The summed E-state index contributed by atoms with van der Waals surface area (Å²) in [5.41, 5.74) is 5.33. The zero-order chi connectivity index (χ0) is 14.8. The lowest BCUT2D eigenvalue weighted by molar-refractivity contribution is -0.138. The number of nitrogens with two attached hydrogens (primary N) is 1. The lowest BCUT2D eigenvalue weighted by Gasteiger charge is -2.16. The lowest BCUT2D eigenvalue weighted by Crippen LogP contribution is -2.22. The van der Waals surface area contributed by atoms with Gasteiger partial charge in [0.25, 0.3) is 0 Å². The van der Waals surface area contributed by atoms with Crippen molar-refractivity contribution in [3.8, 4) is 5.75 Å². The minimum absolute atomic E-state index is 0.00222. The number of carboxylic acid groups (broad SMARTS) is 1. The normalized spacial score (nSPS) is 13.1. The summed E-state index contributed by atoms with van der Waals surface area (Å²) < 4.78 is 41.6. The van der Waals surface area contributed by atoms with Crippen molar-refractivity contribution in [2.75, 3.05) is 19.9 Å². The van der Waals surface area contributed by atoms with Gasteiger partial charge in [-0.3, -0.25) is 4.79 Å². The fourth-order valence-corrected chi connectivity index (χ4v) is 2.42. The molecule has 0 spiro atoms. The molecule has 1 rings (SSSR count). The van der Waals surface area contributed by atoms with E-state index in [2.05, 4.69) is 0 Å². The predicted octanol–water partition coefficient (Wildman–Crippen LogP) is 0.365. The van der Waals surface area contributed by atoms with Crippen molar-refractivity contribution in [2.24, 2.45) is 5.73 Å². The first kappa shape index (κ1) is 15.4. The second-order valence-corrected chi connectivity index (χ2v) is 5.88. The number of carboxylic acids is 1. The number of hydrogen-bond acceptors (Lipinski definition) is 5. The van der Waals surface area contributed by atoms with Crippen molar-refractivity contribution in [1.82, 2.24) is 0 Å². The maximum Gasteiger partial charge on any atom is 0.312 e. The molecule has 0 aliphatic carbocycles. The number of ether oxygens (including phenoxy) is 1. The number of benzene rings is 1. The smallest absolute Gasteiger partial charge is 0.312 e. The van der Waals surface area contributed by atoms with Crippen molar-refractivity contribution in [3.05, 3.63) is 23.5 Å². The number of methoxy groups -OCH3 is 1. The summed E-state index contributed by atoms with van der Waals surface area (Å²) in [4.78, 5) is 10.5. The van der Waals surface area contributed by atoms with Gasteiger partial charge in [0.2, 0.25) is 0 Å². The van der Waals surface area contributed by atoms with Gasteiger partial charge in [0.1, 0.15) is 4.90 Å². The lowest BCUT2D eigenvalue weighted by atomic mass is 9.98. The molecule has 0 saturated heterocycles. The van der Waals surface area contributed by atoms with Crippen LogP contribution in [0.1, 0.15) is 11.5 Å². The number of halogens is 1. The van der Waals surface area contributed by atoms with Crippen LogP contribution in [-0.2, 0) is 14.6 Å². The fraction of sp³-hybridized carbons (Fsp3) is 0.364. The molecule has 0 amide bonds. The van der Waals surface area contributed by atoms with Crippen LogP contribution in [0, 0.1) is 5.82 Å². The molecule has 0 aliphatic rings. The highest BCUT2D eigenvalue weighted by molar-refractivity contribution is 7.90. The fourth-order valence-electron chi connectivity index (χ4n) is 1.68. The van der Waals surface area contributed by atoms with Crippen LogP contribution >= 0.6 is 0 Å². The molecule has 0 saturated carbocycles. The summed E-state index contributed by atoms with van der Waals surface area (Å²) in [7, 11) is -2.64. The van der Waals surface area contributed by atoms with E-state index in [1.807, 2.05) is 0 Å². The van der Waals surface area contributed by atoms with Crippen molar-refractivity contribution in [1.29, 1.82) is 0 Å². The van der Waals surface area contributed by atoms with E-state index >= 15 is 0 Å². The SMILES string of the molecule is COc1c(C(CN)C(=O)O)ccc(S(C)(=O)=O)c1F. The maximum atomic E-state index is 14.1. The number of aliphatic carboxylic acids is 1. The van der Waals surface area contributed by atoms with Crippen molar-refractivity contribution in [3.63, 3.8) is 0 Å². The Bertz CT molecular complexity index is 599. The second kappa shape index (κ2) is 5.54. The molecule has 0 aliphatic heterocycles. The van der Waals surface area contributed by atoms with Gasteiger partial charge in [0.05, 0.1) is 13.0 Å². The average Bonchev–Trinajstić information content (AvgIpc) is 2.28. The Labute approximate surface area is 109 Å². The third-order valence-corrected chi connectivity index (χ3v) is 3.72. The van der Waals surface area contributed by atoms with Gasteiger partial charge in [-0.1, -0.05) is 6.07 Å². The van der Waals surface area contributed by atoms with Gasteiger partial charge in [-0.15, -0.1) is 0 Å². The number of sulfone groups is 1.